The van der Waals surface area contributed by atoms with Gasteiger partial charge in [0.1, 0.15) is 11.6 Å². The van der Waals surface area contributed by atoms with Crippen LogP contribution >= 0.6 is 0 Å². The van der Waals surface area contributed by atoms with E-state index in [1.165, 1.54) is 18.2 Å². The second kappa shape index (κ2) is 11.2. The third-order valence-electron chi connectivity index (χ3n) is 5.39. The van der Waals surface area contributed by atoms with Gasteiger partial charge in [0, 0.05) is 31.7 Å². The maximum absolute atomic E-state index is 12.7. The smallest absolute Gasteiger partial charge is 0.407 e. The van der Waals surface area contributed by atoms with Gasteiger partial charge in [-0.2, -0.15) is 0 Å². The number of hydrogen-bond acceptors (Lipinski definition) is 6. The Morgan fingerprint density at radius 3 is 2.32 bits per heavy atom. The lowest BCUT2D eigenvalue weighted by Crippen LogP contribution is -2.33. The van der Waals surface area contributed by atoms with Gasteiger partial charge in [-0.05, 0) is 56.0 Å². The quantitative estimate of drug-likeness (QED) is 0.447. The maximum Gasteiger partial charge on any atom is 0.407 e. The number of nitrogens with one attached hydrogen (secondary N) is 2. The van der Waals surface area contributed by atoms with E-state index in [1.807, 2.05) is 24.3 Å². The molecule has 0 aliphatic carbocycles. The van der Waals surface area contributed by atoms with Crippen molar-refractivity contribution < 1.29 is 23.9 Å². The SMILES string of the molecule is COC(=O)[C@H](c1cccc(NC(=O)CCCNC(=O)OC(C)(C)C)c1)N1Cc2ccccc2C1. The molecular formula is C26H33N3O5. The molecule has 0 radical (unpaired) electrons. The van der Waals surface area contributed by atoms with Crippen LogP contribution in [-0.4, -0.2) is 42.1 Å². The first-order chi connectivity index (χ1) is 16.2. The number of rotatable bonds is 8. The number of anilines is 1. The number of amides is 2. The normalized spacial score (nSPS) is 14.1. The van der Waals surface area contributed by atoms with Crippen molar-refractivity contribution in [1.82, 2.24) is 10.2 Å². The minimum absolute atomic E-state index is 0.175. The molecule has 0 unspecified atom stereocenters. The zero-order valence-corrected chi connectivity index (χ0v) is 20.2. The number of carbonyl (C=O) groups excluding carboxylic acids is 3. The second-order valence-corrected chi connectivity index (χ2v) is 9.31. The zero-order chi connectivity index (χ0) is 24.7. The van der Waals surface area contributed by atoms with Gasteiger partial charge in [0.05, 0.1) is 7.11 Å². The Labute approximate surface area is 200 Å². The highest BCUT2D eigenvalue weighted by Crippen LogP contribution is 2.33. The lowest BCUT2D eigenvalue weighted by atomic mass is 10.0. The van der Waals surface area contributed by atoms with E-state index in [-0.39, 0.29) is 18.3 Å². The summed E-state index contributed by atoms with van der Waals surface area (Å²) >= 11 is 0. The zero-order valence-electron chi connectivity index (χ0n) is 20.2. The van der Waals surface area contributed by atoms with Crippen molar-refractivity contribution in [3.8, 4) is 0 Å². The molecular weight excluding hydrogens is 434 g/mol. The molecule has 182 valence electrons. The molecule has 8 heteroatoms. The maximum atomic E-state index is 12.7. The van der Waals surface area contributed by atoms with Crippen molar-refractivity contribution in [3.63, 3.8) is 0 Å². The third kappa shape index (κ3) is 7.05. The highest BCUT2D eigenvalue weighted by Gasteiger charge is 2.33. The van der Waals surface area contributed by atoms with Gasteiger partial charge in [0.2, 0.25) is 5.91 Å². The number of fused-ring (bicyclic) bond motifs is 1. The monoisotopic (exact) mass is 467 g/mol. The van der Waals surface area contributed by atoms with Gasteiger partial charge in [-0.15, -0.1) is 0 Å². The minimum atomic E-state index is -0.577. The van der Waals surface area contributed by atoms with Crippen molar-refractivity contribution in [2.45, 2.75) is 58.3 Å². The number of alkyl carbamates (subject to hydrolysis) is 1. The molecule has 2 aromatic carbocycles. The first-order valence-electron chi connectivity index (χ1n) is 11.4. The summed E-state index contributed by atoms with van der Waals surface area (Å²) in [5.74, 6) is -0.518. The van der Waals surface area contributed by atoms with Crippen LogP contribution in [0.1, 0.15) is 56.3 Å². The molecule has 0 aromatic heterocycles. The van der Waals surface area contributed by atoms with Crippen LogP contribution < -0.4 is 10.6 Å². The van der Waals surface area contributed by atoms with E-state index in [4.69, 9.17) is 9.47 Å². The molecule has 0 spiro atoms. The van der Waals surface area contributed by atoms with Gasteiger partial charge in [-0.1, -0.05) is 36.4 Å². The lowest BCUT2D eigenvalue weighted by Gasteiger charge is -2.26. The van der Waals surface area contributed by atoms with Gasteiger partial charge < -0.3 is 20.1 Å². The lowest BCUT2D eigenvalue weighted by molar-refractivity contribution is -0.147. The van der Waals surface area contributed by atoms with Crippen molar-refractivity contribution in [1.29, 1.82) is 0 Å². The molecule has 34 heavy (non-hydrogen) atoms. The summed E-state index contributed by atoms with van der Waals surface area (Å²) in [6.45, 7) is 7.01. The van der Waals surface area contributed by atoms with E-state index < -0.39 is 17.7 Å². The van der Waals surface area contributed by atoms with Gasteiger partial charge in [-0.3, -0.25) is 9.69 Å². The number of methoxy groups -OCH3 is 1. The Balaban J connectivity index is 1.58. The number of hydrogen-bond donors (Lipinski definition) is 2. The topological polar surface area (TPSA) is 97.0 Å². The Bertz CT molecular complexity index is 1010. The van der Waals surface area contributed by atoms with Crippen LogP contribution in [0.15, 0.2) is 48.5 Å². The van der Waals surface area contributed by atoms with Crippen LogP contribution in [-0.2, 0) is 32.2 Å². The summed E-state index contributed by atoms with van der Waals surface area (Å²) in [7, 11) is 1.38. The van der Waals surface area contributed by atoms with Crippen molar-refractivity contribution in [3.05, 3.63) is 65.2 Å². The van der Waals surface area contributed by atoms with Gasteiger partial charge >= 0.3 is 12.1 Å². The van der Waals surface area contributed by atoms with Crippen LogP contribution in [0, 0.1) is 0 Å². The molecule has 0 saturated heterocycles. The van der Waals surface area contributed by atoms with E-state index in [9.17, 15) is 14.4 Å². The van der Waals surface area contributed by atoms with Gasteiger partial charge in [0.25, 0.3) is 0 Å². The average Bonchev–Trinajstić information content (AvgIpc) is 3.19. The van der Waals surface area contributed by atoms with Crippen LogP contribution in [0.3, 0.4) is 0 Å². The van der Waals surface area contributed by atoms with Crippen molar-refractivity contribution in [2.75, 3.05) is 19.0 Å². The van der Waals surface area contributed by atoms with Crippen LogP contribution in [0.5, 0.6) is 0 Å². The van der Waals surface area contributed by atoms with E-state index >= 15 is 0 Å². The Morgan fingerprint density at radius 1 is 1.03 bits per heavy atom. The van der Waals surface area contributed by atoms with Crippen molar-refractivity contribution >= 4 is 23.7 Å². The molecule has 1 heterocycles. The van der Waals surface area contributed by atoms with E-state index in [2.05, 4.69) is 27.7 Å². The highest BCUT2D eigenvalue weighted by atomic mass is 16.6. The molecule has 2 aromatic rings. The molecule has 2 amide bonds. The van der Waals surface area contributed by atoms with Gasteiger partial charge in [0.15, 0.2) is 0 Å². The largest absolute Gasteiger partial charge is 0.468 e. The highest BCUT2D eigenvalue weighted by molar-refractivity contribution is 5.91. The number of carbonyl (C=O) groups is 3. The molecule has 8 nitrogen and oxygen atoms in total. The molecule has 1 aliphatic heterocycles. The number of nitrogens with zero attached hydrogens (tertiary/aromatic N) is 1. The molecule has 0 bridgehead atoms. The number of ether oxygens (including phenoxy) is 2. The molecule has 1 aliphatic rings. The van der Waals surface area contributed by atoms with Crippen molar-refractivity contribution in [2.24, 2.45) is 0 Å². The Kier molecular flexibility index (Phi) is 8.28. The summed E-state index contributed by atoms with van der Waals surface area (Å²) in [5.41, 5.74) is 3.19. The fraction of sp³-hybridized carbons (Fsp3) is 0.423. The summed E-state index contributed by atoms with van der Waals surface area (Å²) in [5, 5.41) is 5.52. The fourth-order valence-electron chi connectivity index (χ4n) is 3.91. The van der Waals surface area contributed by atoms with Crippen LogP contribution in [0.4, 0.5) is 10.5 Å². The van der Waals surface area contributed by atoms with Crippen LogP contribution in [0.2, 0.25) is 0 Å². The molecule has 0 fully saturated rings. The molecule has 3 rings (SSSR count). The minimum Gasteiger partial charge on any atom is -0.468 e. The molecule has 2 N–H and O–H groups in total. The standard InChI is InChI=1S/C26H33N3O5/c1-26(2,3)34-25(32)27-14-8-13-22(30)28-21-12-7-11-18(15-21)23(24(31)33-4)29-16-19-9-5-6-10-20(19)17-29/h5-7,9-12,15,23H,8,13-14,16-17H2,1-4H3,(H,27,32)(H,28,30)/t23-/m0/s1. The van der Waals surface area contributed by atoms with E-state index in [0.29, 0.717) is 31.7 Å². The predicted molar refractivity (Wildman–Crippen MR) is 129 cm³/mol. The first-order valence-corrected chi connectivity index (χ1v) is 11.4. The molecule has 1 atom stereocenters. The second-order valence-electron chi connectivity index (χ2n) is 9.31. The predicted octanol–water partition coefficient (Wildman–Crippen LogP) is 4.16. The Hall–Kier alpha value is -3.39. The van der Waals surface area contributed by atoms with E-state index in [1.54, 1.807) is 32.9 Å². The number of esters is 1. The fourth-order valence-corrected chi connectivity index (χ4v) is 3.91. The Morgan fingerprint density at radius 2 is 1.71 bits per heavy atom. The first kappa shape index (κ1) is 25.2. The summed E-state index contributed by atoms with van der Waals surface area (Å²) in [4.78, 5) is 38.9. The number of benzene rings is 2. The van der Waals surface area contributed by atoms with Crippen LogP contribution in [0.25, 0.3) is 0 Å². The summed E-state index contributed by atoms with van der Waals surface area (Å²) in [6.07, 6.45) is 0.210. The summed E-state index contributed by atoms with van der Waals surface area (Å²) < 4.78 is 10.3. The molecule has 0 saturated carbocycles. The third-order valence-corrected chi connectivity index (χ3v) is 5.39. The average molecular weight is 468 g/mol. The summed E-state index contributed by atoms with van der Waals surface area (Å²) in [6, 6.07) is 14.8. The van der Waals surface area contributed by atoms with Gasteiger partial charge in [-0.25, -0.2) is 9.59 Å². The van der Waals surface area contributed by atoms with E-state index in [0.717, 1.165) is 5.56 Å².